The van der Waals surface area contributed by atoms with Crippen LogP contribution in [0.4, 0.5) is 5.69 Å². The van der Waals surface area contributed by atoms with Gasteiger partial charge in [-0.3, -0.25) is 4.90 Å². The van der Waals surface area contributed by atoms with Crippen molar-refractivity contribution in [2.45, 2.75) is 13.0 Å². The lowest BCUT2D eigenvalue weighted by Gasteiger charge is -2.24. The predicted molar refractivity (Wildman–Crippen MR) is 105 cm³/mol. The molecule has 2 aromatic rings. The molecule has 144 valence electrons. The summed E-state index contributed by atoms with van der Waals surface area (Å²) in [6.07, 6.45) is 1.04. The number of rotatable bonds is 6. The number of carbonyl (C=O) groups is 1. The van der Waals surface area contributed by atoms with E-state index in [-0.39, 0.29) is 0 Å². The Morgan fingerprint density at radius 1 is 1.00 bits per heavy atom. The van der Waals surface area contributed by atoms with Gasteiger partial charge in [-0.15, -0.1) is 0 Å². The molecule has 0 atom stereocenters. The van der Waals surface area contributed by atoms with E-state index in [0.29, 0.717) is 5.56 Å². The molecule has 1 N–H and O–H groups in total. The molecule has 27 heavy (non-hydrogen) atoms. The van der Waals surface area contributed by atoms with Gasteiger partial charge in [0.15, 0.2) is 0 Å². The summed E-state index contributed by atoms with van der Waals surface area (Å²) in [6, 6.07) is 13.1. The van der Waals surface area contributed by atoms with Crippen molar-refractivity contribution in [1.29, 1.82) is 0 Å². The zero-order valence-electron chi connectivity index (χ0n) is 15.9. The zero-order valence-corrected chi connectivity index (χ0v) is 15.9. The molecule has 1 aliphatic rings. The highest BCUT2D eigenvalue weighted by molar-refractivity contribution is 5.87. The summed E-state index contributed by atoms with van der Waals surface area (Å²) < 4.78 is 10.8. The fraction of sp³-hybridized carbons (Fsp3) is 0.381. The number of hydrogen-bond donors (Lipinski definition) is 1. The molecule has 0 spiro atoms. The minimum Gasteiger partial charge on any atom is -0.497 e. The number of anilines is 1. The summed E-state index contributed by atoms with van der Waals surface area (Å²) in [6.45, 7) is 4.51. The highest BCUT2D eigenvalue weighted by Gasteiger charge is 2.17. The quantitative estimate of drug-likeness (QED) is 0.843. The molecule has 0 radical (unpaired) electrons. The van der Waals surface area contributed by atoms with Crippen molar-refractivity contribution >= 4 is 11.7 Å². The molecule has 0 saturated carbocycles. The van der Waals surface area contributed by atoms with Crippen molar-refractivity contribution < 1.29 is 19.4 Å². The molecular formula is C21H26N2O4. The smallest absolute Gasteiger partial charge is 0.335 e. The van der Waals surface area contributed by atoms with Gasteiger partial charge in [0.1, 0.15) is 11.5 Å². The van der Waals surface area contributed by atoms with Crippen molar-refractivity contribution in [3.8, 4) is 11.5 Å². The van der Waals surface area contributed by atoms with Gasteiger partial charge in [-0.1, -0.05) is 12.1 Å². The number of ether oxygens (including phenoxy) is 2. The highest BCUT2D eigenvalue weighted by Crippen LogP contribution is 2.29. The van der Waals surface area contributed by atoms with Crippen LogP contribution in [0.25, 0.3) is 0 Å². The maximum Gasteiger partial charge on any atom is 0.335 e. The van der Waals surface area contributed by atoms with Crippen molar-refractivity contribution in [1.82, 2.24) is 4.90 Å². The molecule has 0 aromatic heterocycles. The highest BCUT2D eigenvalue weighted by atomic mass is 16.5. The fourth-order valence-electron chi connectivity index (χ4n) is 3.42. The topological polar surface area (TPSA) is 62.2 Å². The Hall–Kier alpha value is -2.73. The normalized spacial score (nSPS) is 15.3. The lowest BCUT2D eigenvalue weighted by Crippen LogP contribution is -2.30. The van der Waals surface area contributed by atoms with Crippen LogP contribution in [0.5, 0.6) is 11.5 Å². The van der Waals surface area contributed by atoms with Crippen LogP contribution in [0.2, 0.25) is 0 Å². The van der Waals surface area contributed by atoms with E-state index in [1.54, 1.807) is 26.4 Å². The van der Waals surface area contributed by atoms with E-state index in [1.807, 2.05) is 30.3 Å². The summed E-state index contributed by atoms with van der Waals surface area (Å²) in [5.74, 6) is 0.692. The molecule has 6 heteroatoms. The first-order valence-corrected chi connectivity index (χ1v) is 9.11. The van der Waals surface area contributed by atoms with Crippen LogP contribution in [-0.2, 0) is 6.54 Å². The third kappa shape index (κ3) is 4.92. The average Bonchev–Trinajstić information content (AvgIpc) is 2.93. The van der Waals surface area contributed by atoms with Gasteiger partial charge >= 0.3 is 5.97 Å². The maximum atomic E-state index is 11.2. The minimum absolute atomic E-state index is 0.340. The van der Waals surface area contributed by atoms with Crippen LogP contribution in [-0.4, -0.2) is 56.4 Å². The Balaban J connectivity index is 1.67. The van der Waals surface area contributed by atoms with Crippen molar-refractivity contribution in [2.24, 2.45) is 0 Å². The average molecular weight is 370 g/mol. The summed E-state index contributed by atoms with van der Waals surface area (Å²) in [7, 11) is 3.32. The van der Waals surface area contributed by atoms with Gasteiger partial charge in [0.25, 0.3) is 0 Å². The second kappa shape index (κ2) is 8.77. The SMILES string of the molecule is COc1cc(OC)cc(N2CCCN(Cc3cccc(C(=O)O)c3)CC2)c1. The largest absolute Gasteiger partial charge is 0.497 e. The van der Waals surface area contributed by atoms with Gasteiger partial charge in [0.05, 0.1) is 19.8 Å². The van der Waals surface area contributed by atoms with E-state index < -0.39 is 5.97 Å². The third-order valence-electron chi connectivity index (χ3n) is 4.87. The van der Waals surface area contributed by atoms with Crippen LogP contribution >= 0.6 is 0 Å². The van der Waals surface area contributed by atoms with Gasteiger partial charge in [-0.25, -0.2) is 4.79 Å². The second-order valence-corrected chi connectivity index (χ2v) is 6.69. The van der Waals surface area contributed by atoms with Gasteiger partial charge in [-0.05, 0) is 24.1 Å². The van der Waals surface area contributed by atoms with Crippen molar-refractivity contribution in [3.63, 3.8) is 0 Å². The van der Waals surface area contributed by atoms with Gasteiger partial charge in [-0.2, -0.15) is 0 Å². The Bertz CT molecular complexity index is 771. The molecule has 3 rings (SSSR count). The molecule has 6 nitrogen and oxygen atoms in total. The number of carboxylic acids is 1. The van der Waals surface area contributed by atoms with Crippen LogP contribution in [0.3, 0.4) is 0 Å². The first-order chi connectivity index (χ1) is 13.1. The molecular weight excluding hydrogens is 344 g/mol. The standard InChI is InChI=1S/C21H26N2O4/c1-26-19-12-18(13-20(14-19)27-2)23-8-4-7-22(9-10-23)15-16-5-3-6-17(11-16)21(24)25/h3,5-6,11-14H,4,7-10,15H2,1-2H3,(H,24,25). The number of nitrogens with zero attached hydrogens (tertiary/aromatic N) is 2. The number of carboxylic acid groups (broad SMARTS) is 1. The Labute approximate surface area is 159 Å². The number of benzene rings is 2. The zero-order chi connectivity index (χ0) is 19.2. The van der Waals surface area contributed by atoms with Gasteiger partial charge < -0.3 is 19.5 Å². The predicted octanol–water partition coefficient (Wildman–Crippen LogP) is 3.11. The molecule has 1 fully saturated rings. The molecule has 2 aromatic carbocycles. The Morgan fingerprint density at radius 2 is 1.74 bits per heavy atom. The van der Waals surface area contributed by atoms with Crippen LogP contribution < -0.4 is 14.4 Å². The Kier molecular flexibility index (Phi) is 6.19. The van der Waals surface area contributed by atoms with Gasteiger partial charge in [0, 0.05) is 56.6 Å². The lowest BCUT2D eigenvalue weighted by molar-refractivity contribution is 0.0696. The van der Waals surface area contributed by atoms with E-state index >= 15 is 0 Å². The summed E-state index contributed by atoms with van der Waals surface area (Å²) in [4.78, 5) is 15.9. The minimum atomic E-state index is -0.883. The Morgan fingerprint density at radius 3 is 2.41 bits per heavy atom. The molecule has 1 heterocycles. The first kappa shape index (κ1) is 19.0. The number of hydrogen-bond acceptors (Lipinski definition) is 5. The van der Waals surface area contributed by atoms with Crippen LogP contribution in [0.15, 0.2) is 42.5 Å². The third-order valence-corrected chi connectivity index (χ3v) is 4.87. The van der Waals surface area contributed by atoms with E-state index in [4.69, 9.17) is 14.6 Å². The summed E-state index contributed by atoms with van der Waals surface area (Å²) in [5, 5.41) is 9.17. The van der Waals surface area contributed by atoms with E-state index in [9.17, 15) is 4.79 Å². The van der Waals surface area contributed by atoms with Crippen LogP contribution in [0.1, 0.15) is 22.3 Å². The summed E-state index contributed by atoms with van der Waals surface area (Å²) >= 11 is 0. The molecule has 1 saturated heterocycles. The van der Waals surface area contributed by atoms with E-state index in [2.05, 4.69) is 9.80 Å². The molecule has 0 unspecified atom stereocenters. The summed E-state index contributed by atoms with van der Waals surface area (Å²) in [5.41, 5.74) is 2.47. The van der Waals surface area contributed by atoms with Crippen LogP contribution in [0, 0.1) is 0 Å². The van der Waals surface area contributed by atoms with Crippen molar-refractivity contribution in [2.75, 3.05) is 45.3 Å². The monoisotopic (exact) mass is 370 g/mol. The maximum absolute atomic E-state index is 11.2. The van der Waals surface area contributed by atoms with E-state index in [1.165, 1.54) is 0 Å². The van der Waals surface area contributed by atoms with Gasteiger partial charge in [0.2, 0.25) is 0 Å². The number of aromatic carboxylic acids is 1. The first-order valence-electron chi connectivity index (χ1n) is 9.11. The molecule has 1 aliphatic heterocycles. The molecule has 0 amide bonds. The second-order valence-electron chi connectivity index (χ2n) is 6.69. The van der Waals surface area contributed by atoms with Crippen molar-refractivity contribution in [3.05, 3.63) is 53.6 Å². The molecule has 0 aliphatic carbocycles. The number of methoxy groups -OCH3 is 2. The fourth-order valence-corrected chi connectivity index (χ4v) is 3.42. The lowest BCUT2D eigenvalue weighted by atomic mass is 10.1. The molecule has 0 bridgehead atoms. The van der Waals surface area contributed by atoms with E-state index in [0.717, 1.165) is 61.9 Å².